The van der Waals surface area contributed by atoms with E-state index in [1.807, 2.05) is 24.3 Å². The number of aryl methyl sites for hydroxylation is 1. The summed E-state index contributed by atoms with van der Waals surface area (Å²) in [6, 6.07) is 17.0. The van der Waals surface area contributed by atoms with Crippen molar-refractivity contribution in [2.45, 2.75) is 32.9 Å². The number of likely N-dealkylation sites (tertiary alicyclic amines) is 1. The number of nitrogens with zero attached hydrogens (tertiary/aromatic N) is 4. The third kappa shape index (κ3) is 4.52. The van der Waals surface area contributed by atoms with E-state index in [4.69, 9.17) is 9.84 Å². The van der Waals surface area contributed by atoms with Crippen molar-refractivity contribution >= 4 is 16.6 Å². The van der Waals surface area contributed by atoms with Gasteiger partial charge >= 0.3 is 0 Å². The summed E-state index contributed by atoms with van der Waals surface area (Å²) in [7, 11) is 0. The van der Waals surface area contributed by atoms with Gasteiger partial charge in [0.2, 0.25) is 0 Å². The Labute approximate surface area is 184 Å². The van der Waals surface area contributed by atoms with Gasteiger partial charge in [0.15, 0.2) is 0 Å². The van der Waals surface area contributed by atoms with Gasteiger partial charge in [-0.1, -0.05) is 30.3 Å². The fourth-order valence-electron chi connectivity index (χ4n) is 4.44. The normalized spacial score (nSPS) is 16.8. The largest absolute Gasteiger partial charge is 0.489 e. The Hall–Kier alpha value is -3.05. The zero-order valence-corrected chi connectivity index (χ0v) is 18.2. The third-order valence-corrected chi connectivity index (χ3v) is 6.23. The van der Waals surface area contributed by atoms with E-state index in [2.05, 4.69) is 64.0 Å². The highest BCUT2D eigenvalue weighted by atomic mass is 16.5. The summed E-state index contributed by atoms with van der Waals surface area (Å²) < 4.78 is 8.12. The van der Waals surface area contributed by atoms with Gasteiger partial charge in [-0.2, -0.15) is 5.10 Å². The van der Waals surface area contributed by atoms with Crippen LogP contribution in [0.4, 0.5) is 5.69 Å². The number of allylic oxidation sites excluding steroid dienone is 1. The SMILES string of the molecule is Cc1nn(CCN2CCCC2)c2ccc(N3C=CC(OCc4ccccc4)=CC3)cc12. The highest BCUT2D eigenvalue weighted by Gasteiger charge is 2.15. The van der Waals surface area contributed by atoms with Crippen molar-refractivity contribution in [3.8, 4) is 0 Å². The Morgan fingerprint density at radius 3 is 2.61 bits per heavy atom. The van der Waals surface area contributed by atoms with Crippen LogP contribution in [0.5, 0.6) is 0 Å². The van der Waals surface area contributed by atoms with E-state index in [9.17, 15) is 0 Å². The van der Waals surface area contributed by atoms with Crippen molar-refractivity contribution in [3.63, 3.8) is 0 Å². The Bertz CT molecular complexity index is 1090. The molecule has 2 aliphatic rings. The zero-order valence-electron chi connectivity index (χ0n) is 18.2. The smallest absolute Gasteiger partial charge is 0.119 e. The van der Waals surface area contributed by atoms with Crippen LogP contribution in [0.1, 0.15) is 24.1 Å². The molecule has 5 nitrogen and oxygen atoms in total. The van der Waals surface area contributed by atoms with Gasteiger partial charge in [-0.3, -0.25) is 4.68 Å². The van der Waals surface area contributed by atoms with Crippen molar-refractivity contribution in [1.82, 2.24) is 14.7 Å². The molecule has 1 fully saturated rings. The molecule has 5 rings (SSSR count). The molecule has 0 bridgehead atoms. The standard InChI is InChI=1S/C26H30N4O/c1-21-25-19-23(9-10-26(25)30(27-21)18-17-28-13-5-6-14-28)29-15-11-24(12-16-29)31-20-22-7-3-2-4-8-22/h2-4,7-12,15,19H,5-6,13-14,16-18,20H2,1H3. The maximum Gasteiger partial charge on any atom is 0.119 e. The molecule has 0 N–H and O–H groups in total. The molecule has 0 spiro atoms. The number of anilines is 1. The molecule has 0 radical (unpaired) electrons. The molecule has 5 heteroatoms. The van der Waals surface area contributed by atoms with Gasteiger partial charge in [0, 0.05) is 30.4 Å². The minimum absolute atomic E-state index is 0.596. The van der Waals surface area contributed by atoms with Gasteiger partial charge < -0.3 is 14.5 Å². The number of ether oxygens (including phenoxy) is 1. The Balaban J connectivity index is 1.24. The van der Waals surface area contributed by atoms with E-state index in [1.165, 1.54) is 48.1 Å². The van der Waals surface area contributed by atoms with Crippen LogP contribution < -0.4 is 4.90 Å². The average molecular weight is 415 g/mol. The van der Waals surface area contributed by atoms with Gasteiger partial charge in [0.05, 0.1) is 17.8 Å². The highest BCUT2D eigenvalue weighted by molar-refractivity contribution is 5.85. The molecule has 3 aromatic rings. The second-order valence-corrected chi connectivity index (χ2v) is 8.41. The molecular formula is C26H30N4O. The van der Waals surface area contributed by atoms with Crippen molar-refractivity contribution in [1.29, 1.82) is 0 Å². The molecule has 31 heavy (non-hydrogen) atoms. The first-order valence-electron chi connectivity index (χ1n) is 11.3. The lowest BCUT2D eigenvalue weighted by Gasteiger charge is -2.23. The van der Waals surface area contributed by atoms with E-state index in [-0.39, 0.29) is 0 Å². The van der Waals surface area contributed by atoms with Crippen LogP contribution in [0.2, 0.25) is 0 Å². The van der Waals surface area contributed by atoms with Crippen LogP contribution in [0.15, 0.2) is 72.6 Å². The number of benzene rings is 2. The fraction of sp³-hybridized carbons (Fsp3) is 0.346. The monoisotopic (exact) mass is 414 g/mol. The zero-order chi connectivity index (χ0) is 21.0. The Morgan fingerprint density at radius 2 is 1.84 bits per heavy atom. The molecular weight excluding hydrogens is 384 g/mol. The average Bonchev–Trinajstić information content (AvgIpc) is 3.45. The van der Waals surface area contributed by atoms with E-state index in [1.54, 1.807) is 0 Å². The number of fused-ring (bicyclic) bond motifs is 1. The summed E-state index contributed by atoms with van der Waals surface area (Å²) in [6.45, 7) is 8.01. The quantitative estimate of drug-likeness (QED) is 0.552. The van der Waals surface area contributed by atoms with Gasteiger partial charge in [0.1, 0.15) is 12.4 Å². The molecule has 3 heterocycles. The molecule has 2 aliphatic heterocycles. The maximum atomic E-state index is 5.95. The minimum atomic E-state index is 0.596. The summed E-state index contributed by atoms with van der Waals surface area (Å²) in [5.74, 6) is 0.923. The van der Waals surface area contributed by atoms with Crippen molar-refractivity contribution in [2.24, 2.45) is 0 Å². The second kappa shape index (κ2) is 8.98. The first-order chi connectivity index (χ1) is 15.3. The topological polar surface area (TPSA) is 33.5 Å². The fourth-order valence-corrected chi connectivity index (χ4v) is 4.44. The molecule has 0 aliphatic carbocycles. The van der Waals surface area contributed by atoms with Crippen LogP contribution >= 0.6 is 0 Å². The van der Waals surface area contributed by atoms with E-state index in [0.29, 0.717) is 6.61 Å². The van der Waals surface area contributed by atoms with Crippen LogP contribution in [-0.4, -0.2) is 40.9 Å². The van der Waals surface area contributed by atoms with E-state index < -0.39 is 0 Å². The van der Waals surface area contributed by atoms with Gasteiger partial charge in [-0.25, -0.2) is 0 Å². The second-order valence-electron chi connectivity index (χ2n) is 8.41. The predicted octanol–water partition coefficient (Wildman–Crippen LogP) is 4.87. The van der Waals surface area contributed by atoms with Gasteiger partial charge in [-0.05, 0) is 68.8 Å². The minimum Gasteiger partial charge on any atom is -0.489 e. The van der Waals surface area contributed by atoms with Gasteiger partial charge in [0.25, 0.3) is 0 Å². The summed E-state index contributed by atoms with van der Waals surface area (Å²) in [4.78, 5) is 4.79. The highest BCUT2D eigenvalue weighted by Crippen LogP contribution is 2.27. The molecule has 1 aromatic heterocycles. The van der Waals surface area contributed by atoms with Crippen molar-refractivity contribution in [2.75, 3.05) is 31.1 Å². The first-order valence-corrected chi connectivity index (χ1v) is 11.3. The lowest BCUT2D eigenvalue weighted by atomic mass is 10.1. The molecule has 1 saturated heterocycles. The van der Waals surface area contributed by atoms with Crippen LogP contribution in [0.3, 0.4) is 0 Å². The number of aromatic nitrogens is 2. The summed E-state index contributed by atoms with van der Waals surface area (Å²) in [5.41, 5.74) is 4.69. The lowest BCUT2D eigenvalue weighted by Crippen LogP contribution is -2.24. The molecule has 0 saturated carbocycles. The molecule has 0 unspecified atom stereocenters. The van der Waals surface area contributed by atoms with E-state index >= 15 is 0 Å². The Morgan fingerprint density at radius 1 is 1.00 bits per heavy atom. The summed E-state index contributed by atoms with van der Waals surface area (Å²) in [6.07, 6.45) is 8.95. The van der Waals surface area contributed by atoms with Gasteiger partial charge in [-0.15, -0.1) is 0 Å². The summed E-state index contributed by atoms with van der Waals surface area (Å²) >= 11 is 0. The van der Waals surface area contributed by atoms with Crippen LogP contribution in [-0.2, 0) is 17.9 Å². The summed E-state index contributed by atoms with van der Waals surface area (Å²) in [5, 5.41) is 6.06. The first kappa shape index (κ1) is 19.9. The number of hydrogen-bond donors (Lipinski definition) is 0. The number of hydrogen-bond acceptors (Lipinski definition) is 4. The molecule has 0 atom stereocenters. The van der Waals surface area contributed by atoms with E-state index in [0.717, 1.165) is 31.1 Å². The maximum absolute atomic E-state index is 5.95. The van der Waals surface area contributed by atoms with Crippen molar-refractivity contribution < 1.29 is 4.74 Å². The van der Waals surface area contributed by atoms with Crippen LogP contribution in [0.25, 0.3) is 10.9 Å². The Kier molecular flexibility index (Phi) is 5.76. The molecule has 2 aromatic carbocycles. The van der Waals surface area contributed by atoms with Crippen molar-refractivity contribution in [3.05, 3.63) is 83.9 Å². The lowest BCUT2D eigenvalue weighted by molar-refractivity contribution is 0.209. The molecule has 160 valence electrons. The number of rotatable bonds is 7. The third-order valence-electron chi connectivity index (χ3n) is 6.23. The molecule has 0 amide bonds. The van der Waals surface area contributed by atoms with Crippen LogP contribution in [0, 0.1) is 6.92 Å². The predicted molar refractivity (Wildman–Crippen MR) is 126 cm³/mol.